The lowest BCUT2D eigenvalue weighted by Crippen LogP contribution is -1.91. The largest absolute Gasteiger partial charge is 0.257 e. The van der Waals surface area contributed by atoms with Crippen molar-refractivity contribution in [3.8, 4) is 51.1 Å². The van der Waals surface area contributed by atoms with Crippen LogP contribution in [0.2, 0.25) is 0 Å². The van der Waals surface area contributed by atoms with Crippen LogP contribution in [0.5, 0.6) is 0 Å². The second-order valence-corrected chi connectivity index (χ2v) is 10.6. The van der Waals surface area contributed by atoms with E-state index >= 15 is 0 Å². The first kappa shape index (κ1) is 25.2. The highest BCUT2D eigenvalue weighted by molar-refractivity contribution is 6.24. The van der Waals surface area contributed by atoms with E-state index in [9.17, 15) is 5.26 Å². The van der Waals surface area contributed by atoms with Crippen molar-refractivity contribution in [1.82, 2.24) is 19.9 Å². The van der Waals surface area contributed by atoms with Crippen LogP contribution in [0.15, 0.2) is 122 Å². The van der Waals surface area contributed by atoms with E-state index in [0.29, 0.717) is 22.6 Å². The van der Waals surface area contributed by atoms with Crippen LogP contribution < -0.4 is 0 Å². The molecule has 0 aliphatic rings. The number of pyridine rings is 4. The van der Waals surface area contributed by atoms with Crippen LogP contribution in [0.4, 0.5) is 5.69 Å². The van der Waals surface area contributed by atoms with Crippen molar-refractivity contribution < 1.29 is 0 Å². The molecule has 0 N–H and O–H groups in total. The Morgan fingerprint density at radius 1 is 0.500 bits per heavy atom. The van der Waals surface area contributed by atoms with Gasteiger partial charge in [-0.05, 0) is 104 Å². The second-order valence-electron chi connectivity index (χ2n) is 10.6. The van der Waals surface area contributed by atoms with Crippen molar-refractivity contribution in [3.05, 3.63) is 139 Å². The molecule has 0 bridgehead atoms. The summed E-state index contributed by atoms with van der Waals surface area (Å²) in [5.41, 5.74) is 8.18. The maximum Gasteiger partial charge on any atom is 0.190 e. The van der Waals surface area contributed by atoms with E-state index in [4.69, 9.17) is 6.57 Å². The zero-order valence-electron chi connectivity index (χ0n) is 23.2. The van der Waals surface area contributed by atoms with E-state index in [2.05, 4.69) is 91.5 Å². The third-order valence-electron chi connectivity index (χ3n) is 8.01. The topological polar surface area (TPSA) is 79.7 Å². The number of hydrogen-bond donors (Lipinski definition) is 0. The Balaban J connectivity index is 1.15. The van der Waals surface area contributed by atoms with Crippen LogP contribution in [0.25, 0.3) is 82.2 Å². The first-order chi connectivity index (χ1) is 21.7. The molecule has 0 saturated carbocycles. The molecule has 0 saturated heterocycles. The fourth-order valence-corrected chi connectivity index (χ4v) is 5.87. The predicted octanol–water partition coefficient (Wildman–Crippen LogP) is 9.25. The first-order valence-corrected chi connectivity index (χ1v) is 14.0. The number of nitriles is 1. The number of nitrogens with zero attached hydrogens (tertiary/aromatic N) is 6. The van der Waals surface area contributed by atoms with Gasteiger partial charge >= 0.3 is 0 Å². The van der Waals surface area contributed by atoms with Crippen molar-refractivity contribution in [3.63, 3.8) is 0 Å². The van der Waals surface area contributed by atoms with Gasteiger partial charge in [-0.1, -0.05) is 36.4 Å². The molecule has 4 aromatic carbocycles. The summed E-state index contributed by atoms with van der Waals surface area (Å²) >= 11 is 0. The predicted molar refractivity (Wildman–Crippen MR) is 174 cm³/mol. The maximum absolute atomic E-state index is 9.22. The molecule has 202 valence electrons. The zero-order chi connectivity index (χ0) is 29.6. The van der Waals surface area contributed by atoms with Gasteiger partial charge in [0.2, 0.25) is 0 Å². The molecule has 0 fully saturated rings. The molecule has 8 rings (SSSR count). The highest BCUT2D eigenvalue weighted by atomic mass is 14.8. The lowest BCUT2D eigenvalue weighted by Gasteiger charge is -2.14. The smallest absolute Gasteiger partial charge is 0.190 e. The minimum Gasteiger partial charge on any atom is -0.257 e. The summed E-state index contributed by atoms with van der Waals surface area (Å²) in [6.45, 7) is 7.26. The standard InChI is InChI=1S/C38H20N6/c1-40-32-11-13-42-36(19-32)34-9-7-29(22-44-34)31-17-26-4-2-24-15-30(16-25-3-5-27(18-31)38(26)37(24)25)28-6-8-33(43-21-28)35-14-23(20-39)10-12-41-35/h2-19,21-22H. The normalized spacial score (nSPS) is 11.1. The Bertz CT molecular complexity index is 2210. The SMILES string of the molecule is [C-]#[N+]c1ccnc(-c2ccc(-c3cc4ccc5cc(-c6ccc(-c7cc(C#N)ccn7)nc6)cc6ccc(c3)c4c56)cn2)c1. The minimum absolute atomic E-state index is 0.547. The van der Waals surface area contributed by atoms with Gasteiger partial charge < -0.3 is 0 Å². The summed E-state index contributed by atoms with van der Waals surface area (Å²) in [6, 6.07) is 34.7. The summed E-state index contributed by atoms with van der Waals surface area (Å²) in [7, 11) is 0. The van der Waals surface area contributed by atoms with Gasteiger partial charge in [0, 0.05) is 35.9 Å². The Morgan fingerprint density at radius 2 is 1.00 bits per heavy atom. The molecular formula is C38H20N6. The Labute approximate surface area is 252 Å². The molecule has 0 aliphatic heterocycles. The van der Waals surface area contributed by atoms with Gasteiger partial charge in [0.05, 0.1) is 41.0 Å². The minimum atomic E-state index is 0.547. The first-order valence-electron chi connectivity index (χ1n) is 14.0. The van der Waals surface area contributed by atoms with Crippen LogP contribution >= 0.6 is 0 Å². The number of benzene rings is 4. The molecule has 6 nitrogen and oxygen atoms in total. The Hall–Kier alpha value is -6.50. The fraction of sp³-hybridized carbons (Fsp3) is 0. The van der Waals surface area contributed by atoms with Crippen LogP contribution in [-0.2, 0) is 0 Å². The van der Waals surface area contributed by atoms with Gasteiger partial charge in [0.15, 0.2) is 5.69 Å². The van der Waals surface area contributed by atoms with Crippen LogP contribution in [0.3, 0.4) is 0 Å². The fourth-order valence-electron chi connectivity index (χ4n) is 5.87. The molecule has 0 aliphatic carbocycles. The number of rotatable bonds is 4. The molecule has 4 aromatic heterocycles. The molecule has 4 heterocycles. The van der Waals surface area contributed by atoms with Gasteiger partial charge in [0.25, 0.3) is 0 Å². The summed E-state index contributed by atoms with van der Waals surface area (Å²) in [6.07, 6.45) is 7.01. The highest BCUT2D eigenvalue weighted by Gasteiger charge is 2.13. The molecule has 0 radical (unpaired) electrons. The average molecular weight is 561 g/mol. The Kier molecular flexibility index (Phi) is 5.79. The summed E-state index contributed by atoms with van der Waals surface area (Å²) < 4.78 is 0. The molecule has 0 spiro atoms. The molecule has 0 amide bonds. The number of aromatic nitrogens is 4. The molecule has 0 unspecified atom stereocenters. The lowest BCUT2D eigenvalue weighted by atomic mass is 9.90. The van der Waals surface area contributed by atoms with Crippen molar-refractivity contribution in [2.45, 2.75) is 0 Å². The summed E-state index contributed by atoms with van der Waals surface area (Å²) in [5, 5.41) is 16.4. The summed E-state index contributed by atoms with van der Waals surface area (Å²) in [5.74, 6) is 0. The van der Waals surface area contributed by atoms with Crippen LogP contribution in [0, 0.1) is 17.9 Å². The van der Waals surface area contributed by atoms with E-state index in [1.54, 1.807) is 36.7 Å². The van der Waals surface area contributed by atoms with Crippen molar-refractivity contribution >= 4 is 38.0 Å². The van der Waals surface area contributed by atoms with Crippen molar-refractivity contribution in [2.75, 3.05) is 0 Å². The number of hydrogen-bond acceptors (Lipinski definition) is 5. The van der Waals surface area contributed by atoms with Crippen LogP contribution in [0.1, 0.15) is 5.56 Å². The molecule has 6 heteroatoms. The molecule has 8 aromatic rings. The Morgan fingerprint density at radius 3 is 1.45 bits per heavy atom. The summed E-state index contributed by atoms with van der Waals surface area (Å²) in [4.78, 5) is 21.6. The van der Waals surface area contributed by atoms with Crippen molar-refractivity contribution in [2.24, 2.45) is 0 Å². The van der Waals surface area contributed by atoms with E-state index < -0.39 is 0 Å². The molecule has 44 heavy (non-hydrogen) atoms. The third-order valence-corrected chi connectivity index (χ3v) is 8.01. The van der Waals surface area contributed by atoms with E-state index in [1.165, 1.54) is 32.3 Å². The van der Waals surface area contributed by atoms with Gasteiger partial charge in [0.1, 0.15) is 0 Å². The lowest BCUT2D eigenvalue weighted by molar-refractivity contribution is 1.24. The zero-order valence-corrected chi connectivity index (χ0v) is 23.2. The average Bonchev–Trinajstić information content (AvgIpc) is 3.10. The molecule has 0 atom stereocenters. The van der Waals surface area contributed by atoms with Gasteiger partial charge in [-0.15, -0.1) is 0 Å². The van der Waals surface area contributed by atoms with Gasteiger partial charge in [-0.3, -0.25) is 19.9 Å². The van der Waals surface area contributed by atoms with E-state index in [1.807, 2.05) is 24.5 Å². The maximum atomic E-state index is 9.22. The molecular weight excluding hydrogens is 540 g/mol. The second kappa shape index (κ2) is 10.1. The highest BCUT2D eigenvalue weighted by Crippen LogP contribution is 2.39. The quantitative estimate of drug-likeness (QED) is 0.158. The van der Waals surface area contributed by atoms with Crippen LogP contribution in [-0.4, -0.2) is 19.9 Å². The van der Waals surface area contributed by atoms with Gasteiger partial charge in [-0.25, -0.2) is 4.85 Å². The van der Waals surface area contributed by atoms with Gasteiger partial charge in [-0.2, -0.15) is 5.26 Å². The van der Waals surface area contributed by atoms with E-state index in [-0.39, 0.29) is 0 Å². The van der Waals surface area contributed by atoms with Crippen molar-refractivity contribution in [1.29, 1.82) is 5.26 Å². The monoisotopic (exact) mass is 560 g/mol. The third kappa shape index (κ3) is 4.27. The van der Waals surface area contributed by atoms with E-state index in [0.717, 1.165) is 33.6 Å².